The highest BCUT2D eigenvalue weighted by atomic mass is 16.5. The third kappa shape index (κ3) is 3.60. The molecule has 0 unspecified atom stereocenters. The molecule has 0 spiro atoms. The van der Waals surface area contributed by atoms with Crippen molar-refractivity contribution in [3.05, 3.63) is 59.7 Å². The molecule has 0 amide bonds. The van der Waals surface area contributed by atoms with E-state index < -0.39 is 0 Å². The minimum absolute atomic E-state index is 0.455. The summed E-state index contributed by atoms with van der Waals surface area (Å²) in [6, 6.07) is 17.6. The molecule has 0 aliphatic heterocycles. The van der Waals surface area contributed by atoms with Gasteiger partial charge in [0.1, 0.15) is 11.5 Å². The molecule has 0 saturated heterocycles. The molecule has 0 aliphatic rings. The van der Waals surface area contributed by atoms with Crippen molar-refractivity contribution in [2.45, 2.75) is 39.5 Å². The van der Waals surface area contributed by atoms with Crippen LogP contribution < -0.4 is 4.74 Å². The zero-order chi connectivity index (χ0) is 13.8. The van der Waals surface area contributed by atoms with E-state index in [1.807, 2.05) is 30.3 Å². The lowest BCUT2D eigenvalue weighted by Gasteiger charge is -2.14. The second kappa shape index (κ2) is 5.92. The highest BCUT2D eigenvalue weighted by Gasteiger charge is 2.09. The summed E-state index contributed by atoms with van der Waals surface area (Å²) in [5.41, 5.74) is 2.41. The van der Waals surface area contributed by atoms with Crippen LogP contribution in [0.15, 0.2) is 42.5 Å². The molecular formula is C18H21O. The van der Waals surface area contributed by atoms with Crippen LogP contribution in [0, 0.1) is 6.07 Å². The maximum Gasteiger partial charge on any atom is 0.128 e. The van der Waals surface area contributed by atoms with Crippen molar-refractivity contribution in [2.24, 2.45) is 0 Å². The first-order chi connectivity index (χ1) is 9.06. The van der Waals surface area contributed by atoms with E-state index in [2.05, 4.69) is 45.9 Å². The molecular weight excluding hydrogens is 232 g/mol. The van der Waals surface area contributed by atoms with Gasteiger partial charge in [0.25, 0.3) is 0 Å². The van der Waals surface area contributed by atoms with Gasteiger partial charge in [-0.15, -0.1) is 0 Å². The normalized spacial score (nSPS) is 11.1. The summed E-state index contributed by atoms with van der Waals surface area (Å²) in [4.78, 5) is 0. The van der Waals surface area contributed by atoms with Crippen molar-refractivity contribution >= 4 is 0 Å². The van der Waals surface area contributed by atoms with Gasteiger partial charge in [-0.1, -0.05) is 45.9 Å². The SMILES string of the molecule is CC(C)c1[c]c(C(C)C)cc(Oc2ccccc2)c1. The van der Waals surface area contributed by atoms with Crippen LogP contribution in [0.25, 0.3) is 0 Å². The number of para-hydroxylation sites is 1. The summed E-state index contributed by atoms with van der Waals surface area (Å²) in [6.07, 6.45) is 0. The Kier molecular flexibility index (Phi) is 4.26. The molecule has 2 rings (SSSR count). The average molecular weight is 253 g/mol. The Bertz CT molecular complexity index is 500. The topological polar surface area (TPSA) is 9.23 Å². The minimum atomic E-state index is 0.455. The first kappa shape index (κ1) is 13.7. The van der Waals surface area contributed by atoms with Gasteiger partial charge < -0.3 is 4.74 Å². The monoisotopic (exact) mass is 253 g/mol. The molecule has 19 heavy (non-hydrogen) atoms. The Morgan fingerprint density at radius 3 is 1.79 bits per heavy atom. The van der Waals surface area contributed by atoms with Crippen molar-refractivity contribution in [1.29, 1.82) is 0 Å². The number of ether oxygens (including phenoxy) is 1. The molecule has 1 heteroatoms. The Balaban J connectivity index is 2.34. The van der Waals surface area contributed by atoms with Crippen molar-refractivity contribution in [2.75, 3.05) is 0 Å². The maximum absolute atomic E-state index is 5.94. The average Bonchev–Trinajstić information content (AvgIpc) is 2.39. The summed E-state index contributed by atoms with van der Waals surface area (Å²) in [5.74, 6) is 2.68. The first-order valence-electron chi connectivity index (χ1n) is 6.86. The van der Waals surface area contributed by atoms with Crippen molar-refractivity contribution in [3.8, 4) is 11.5 Å². The molecule has 99 valence electrons. The van der Waals surface area contributed by atoms with Crippen LogP contribution in [0.2, 0.25) is 0 Å². The molecule has 0 aromatic heterocycles. The third-order valence-electron chi connectivity index (χ3n) is 3.11. The van der Waals surface area contributed by atoms with E-state index in [0.717, 1.165) is 11.5 Å². The Labute approximate surface area is 116 Å². The van der Waals surface area contributed by atoms with E-state index in [-0.39, 0.29) is 0 Å². The standard InChI is InChI=1S/C18H21O/c1-13(2)15-10-16(14(3)4)12-18(11-15)19-17-8-6-5-7-9-17/h5-9,11-14H,1-4H3. The number of hydrogen-bond acceptors (Lipinski definition) is 1. The van der Waals surface area contributed by atoms with E-state index in [1.54, 1.807) is 0 Å². The summed E-state index contributed by atoms with van der Waals surface area (Å²) < 4.78 is 5.94. The van der Waals surface area contributed by atoms with Gasteiger partial charge in [0.05, 0.1) is 0 Å². The molecule has 0 fully saturated rings. The van der Waals surface area contributed by atoms with Crippen LogP contribution in [-0.4, -0.2) is 0 Å². The molecule has 0 heterocycles. The number of benzene rings is 2. The largest absolute Gasteiger partial charge is 0.457 e. The Morgan fingerprint density at radius 2 is 1.32 bits per heavy atom. The third-order valence-corrected chi connectivity index (χ3v) is 3.11. The molecule has 0 aliphatic carbocycles. The van der Waals surface area contributed by atoms with Gasteiger partial charge in [0.2, 0.25) is 0 Å². The van der Waals surface area contributed by atoms with Gasteiger partial charge in [0.15, 0.2) is 0 Å². The molecule has 1 radical (unpaired) electrons. The summed E-state index contributed by atoms with van der Waals surface area (Å²) in [5, 5.41) is 0. The molecule has 0 N–H and O–H groups in total. The van der Waals surface area contributed by atoms with Crippen LogP contribution in [-0.2, 0) is 0 Å². The fraction of sp³-hybridized carbons (Fsp3) is 0.333. The Morgan fingerprint density at radius 1 is 0.789 bits per heavy atom. The summed E-state index contributed by atoms with van der Waals surface area (Å²) in [7, 11) is 0. The zero-order valence-electron chi connectivity index (χ0n) is 12.1. The van der Waals surface area contributed by atoms with Crippen LogP contribution in [0.1, 0.15) is 50.7 Å². The Hall–Kier alpha value is -1.76. The maximum atomic E-state index is 5.94. The van der Waals surface area contributed by atoms with Gasteiger partial charge in [-0.25, -0.2) is 0 Å². The van der Waals surface area contributed by atoms with Gasteiger partial charge in [-0.05, 0) is 53.3 Å². The lowest BCUT2D eigenvalue weighted by atomic mass is 9.95. The lowest BCUT2D eigenvalue weighted by molar-refractivity contribution is 0.480. The highest BCUT2D eigenvalue weighted by molar-refractivity contribution is 5.39. The van der Waals surface area contributed by atoms with Crippen LogP contribution in [0.3, 0.4) is 0 Å². The number of hydrogen-bond donors (Lipinski definition) is 0. The highest BCUT2D eigenvalue weighted by Crippen LogP contribution is 2.29. The van der Waals surface area contributed by atoms with Gasteiger partial charge >= 0.3 is 0 Å². The van der Waals surface area contributed by atoms with Gasteiger partial charge in [-0.2, -0.15) is 0 Å². The second-order valence-electron chi connectivity index (χ2n) is 5.45. The second-order valence-corrected chi connectivity index (χ2v) is 5.45. The lowest BCUT2D eigenvalue weighted by Crippen LogP contribution is -1.96. The van der Waals surface area contributed by atoms with Crippen molar-refractivity contribution in [1.82, 2.24) is 0 Å². The summed E-state index contributed by atoms with van der Waals surface area (Å²) >= 11 is 0. The van der Waals surface area contributed by atoms with E-state index >= 15 is 0 Å². The van der Waals surface area contributed by atoms with Crippen LogP contribution >= 0.6 is 0 Å². The van der Waals surface area contributed by atoms with E-state index in [4.69, 9.17) is 4.74 Å². The van der Waals surface area contributed by atoms with E-state index in [1.165, 1.54) is 11.1 Å². The molecule has 2 aromatic rings. The molecule has 0 bridgehead atoms. The predicted molar refractivity (Wildman–Crippen MR) is 80.0 cm³/mol. The van der Waals surface area contributed by atoms with Crippen LogP contribution in [0.4, 0.5) is 0 Å². The smallest absolute Gasteiger partial charge is 0.128 e. The first-order valence-corrected chi connectivity index (χ1v) is 6.86. The molecule has 1 nitrogen and oxygen atoms in total. The molecule has 0 saturated carbocycles. The van der Waals surface area contributed by atoms with Crippen LogP contribution in [0.5, 0.6) is 11.5 Å². The van der Waals surface area contributed by atoms with E-state index in [9.17, 15) is 0 Å². The fourth-order valence-electron chi connectivity index (χ4n) is 1.89. The zero-order valence-corrected chi connectivity index (χ0v) is 12.1. The fourth-order valence-corrected chi connectivity index (χ4v) is 1.89. The number of rotatable bonds is 4. The molecule has 0 atom stereocenters. The van der Waals surface area contributed by atoms with Crippen molar-refractivity contribution < 1.29 is 4.74 Å². The molecule has 2 aromatic carbocycles. The van der Waals surface area contributed by atoms with Gasteiger partial charge in [0, 0.05) is 0 Å². The minimum Gasteiger partial charge on any atom is -0.457 e. The van der Waals surface area contributed by atoms with Crippen molar-refractivity contribution in [3.63, 3.8) is 0 Å². The summed E-state index contributed by atoms with van der Waals surface area (Å²) in [6.45, 7) is 8.73. The van der Waals surface area contributed by atoms with Gasteiger partial charge in [-0.3, -0.25) is 0 Å². The predicted octanol–water partition coefficient (Wildman–Crippen LogP) is 5.53. The van der Waals surface area contributed by atoms with E-state index in [0.29, 0.717) is 11.8 Å². The quantitative estimate of drug-likeness (QED) is 0.696.